The molecule has 0 N–H and O–H groups in total. The van der Waals surface area contributed by atoms with Gasteiger partial charge in [0.25, 0.3) is 0 Å². The van der Waals surface area contributed by atoms with Crippen molar-refractivity contribution >= 4 is 21.6 Å². The maximum atomic E-state index is 13.6. The number of pyridine rings is 1. The maximum absolute atomic E-state index is 13.6. The molecular weight excluding hydrogens is 395 g/mol. The first kappa shape index (κ1) is 19.9. The lowest BCUT2D eigenvalue weighted by molar-refractivity contribution is 0.176. The minimum Gasteiger partial charge on any atom is -0.495 e. The van der Waals surface area contributed by atoms with E-state index in [0.717, 1.165) is 12.5 Å². The minimum absolute atomic E-state index is 0.0221. The summed E-state index contributed by atoms with van der Waals surface area (Å²) in [5.74, 6) is -0.205. The van der Waals surface area contributed by atoms with Gasteiger partial charge in [0.15, 0.2) is 0 Å². The Kier molecular flexibility index (Phi) is 6.18. The second-order valence-electron chi connectivity index (χ2n) is 6.27. The van der Waals surface area contributed by atoms with Crippen LogP contribution in [0, 0.1) is 11.7 Å². The Bertz CT molecular complexity index is 910. The van der Waals surface area contributed by atoms with Crippen LogP contribution in [0.15, 0.2) is 41.4 Å². The molecule has 6 nitrogen and oxygen atoms in total. The van der Waals surface area contributed by atoms with Crippen molar-refractivity contribution in [2.75, 3.05) is 26.8 Å². The van der Waals surface area contributed by atoms with Crippen LogP contribution in [0.3, 0.4) is 0 Å². The molecule has 1 saturated heterocycles. The Morgan fingerprint density at radius 3 is 2.93 bits per heavy atom. The molecule has 1 unspecified atom stereocenters. The highest BCUT2D eigenvalue weighted by atomic mass is 35.5. The average molecular weight is 415 g/mol. The first-order valence-electron chi connectivity index (χ1n) is 8.49. The average Bonchev–Trinajstić information content (AvgIpc) is 2.67. The number of sulfonamides is 1. The van der Waals surface area contributed by atoms with Gasteiger partial charge in [-0.2, -0.15) is 4.31 Å². The lowest BCUT2D eigenvalue weighted by Crippen LogP contribution is -2.41. The standard InChI is InChI=1S/C18H20ClFN2O4S/c1-25-16-7-6-14(20)10-17(16)27(23,24)22-9-3-4-13(11-22)12-26-18-15(19)5-2-8-21-18/h2,5-8,10,13H,3-4,9,11-12H2,1H3. The van der Waals surface area contributed by atoms with E-state index in [4.69, 9.17) is 21.1 Å². The third-order valence-electron chi connectivity index (χ3n) is 4.41. The predicted molar refractivity (Wildman–Crippen MR) is 99.2 cm³/mol. The molecule has 3 rings (SSSR count). The molecule has 0 saturated carbocycles. The third kappa shape index (κ3) is 4.51. The summed E-state index contributed by atoms with van der Waals surface area (Å²) in [5, 5.41) is 0.405. The van der Waals surface area contributed by atoms with Crippen molar-refractivity contribution in [2.24, 2.45) is 5.92 Å². The van der Waals surface area contributed by atoms with Crippen molar-refractivity contribution in [1.82, 2.24) is 9.29 Å². The van der Waals surface area contributed by atoms with E-state index < -0.39 is 15.8 Å². The van der Waals surface area contributed by atoms with Crippen molar-refractivity contribution in [1.29, 1.82) is 0 Å². The maximum Gasteiger partial charge on any atom is 0.246 e. The molecule has 146 valence electrons. The van der Waals surface area contributed by atoms with Crippen LogP contribution in [-0.4, -0.2) is 44.5 Å². The SMILES string of the molecule is COc1ccc(F)cc1S(=O)(=O)N1CCCC(COc2ncccc2Cl)C1. The molecule has 0 spiro atoms. The number of hydrogen-bond donors (Lipinski definition) is 0. The summed E-state index contributed by atoms with van der Waals surface area (Å²) in [5.41, 5.74) is 0. The summed E-state index contributed by atoms with van der Waals surface area (Å²) in [4.78, 5) is 3.90. The van der Waals surface area contributed by atoms with Crippen LogP contribution in [0.2, 0.25) is 5.02 Å². The molecule has 27 heavy (non-hydrogen) atoms. The highest BCUT2D eigenvalue weighted by Gasteiger charge is 2.33. The van der Waals surface area contributed by atoms with Gasteiger partial charge < -0.3 is 9.47 Å². The fourth-order valence-electron chi connectivity index (χ4n) is 3.05. The van der Waals surface area contributed by atoms with Gasteiger partial charge in [0.1, 0.15) is 21.5 Å². The Labute approximate surface area is 162 Å². The third-order valence-corrected chi connectivity index (χ3v) is 6.58. The quantitative estimate of drug-likeness (QED) is 0.725. The number of rotatable bonds is 6. The number of halogens is 2. The zero-order chi connectivity index (χ0) is 19.4. The van der Waals surface area contributed by atoms with Crippen LogP contribution in [0.1, 0.15) is 12.8 Å². The predicted octanol–water partition coefficient (Wildman–Crippen LogP) is 3.36. The van der Waals surface area contributed by atoms with Crippen molar-refractivity contribution < 1.29 is 22.3 Å². The van der Waals surface area contributed by atoms with Crippen molar-refractivity contribution in [3.63, 3.8) is 0 Å². The van der Waals surface area contributed by atoms with Gasteiger partial charge in [-0.05, 0) is 43.2 Å². The van der Waals surface area contributed by atoms with Crippen LogP contribution in [0.5, 0.6) is 11.6 Å². The van der Waals surface area contributed by atoms with E-state index in [1.165, 1.54) is 23.5 Å². The minimum atomic E-state index is -3.88. The molecule has 9 heteroatoms. The van der Waals surface area contributed by atoms with Gasteiger partial charge in [0.2, 0.25) is 15.9 Å². The van der Waals surface area contributed by atoms with E-state index in [1.54, 1.807) is 18.3 Å². The van der Waals surface area contributed by atoms with Gasteiger partial charge in [-0.3, -0.25) is 0 Å². The lowest BCUT2D eigenvalue weighted by Gasteiger charge is -2.32. The van der Waals surface area contributed by atoms with Gasteiger partial charge >= 0.3 is 0 Å². The highest BCUT2D eigenvalue weighted by molar-refractivity contribution is 7.89. The first-order valence-corrected chi connectivity index (χ1v) is 10.3. The van der Waals surface area contributed by atoms with E-state index >= 15 is 0 Å². The second-order valence-corrected chi connectivity index (χ2v) is 8.58. The number of aromatic nitrogens is 1. The van der Waals surface area contributed by atoms with E-state index in [1.807, 2.05) is 0 Å². The number of hydrogen-bond acceptors (Lipinski definition) is 5. The van der Waals surface area contributed by atoms with Crippen LogP contribution >= 0.6 is 11.6 Å². The second kappa shape index (κ2) is 8.41. The molecule has 0 amide bonds. The van der Waals surface area contributed by atoms with Crippen molar-refractivity contribution in [2.45, 2.75) is 17.7 Å². The van der Waals surface area contributed by atoms with Crippen LogP contribution in [0.4, 0.5) is 4.39 Å². The van der Waals surface area contributed by atoms with E-state index in [2.05, 4.69) is 4.98 Å². The van der Waals surface area contributed by atoms with Gasteiger partial charge in [-0.15, -0.1) is 0 Å². The van der Waals surface area contributed by atoms with Crippen molar-refractivity contribution in [3.05, 3.63) is 47.4 Å². The summed E-state index contributed by atoms with van der Waals surface area (Å²) in [6, 6.07) is 6.85. The molecule has 1 fully saturated rings. The largest absolute Gasteiger partial charge is 0.495 e. The number of ether oxygens (including phenoxy) is 2. The molecule has 1 atom stereocenters. The first-order chi connectivity index (χ1) is 12.9. The Morgan fingerprint density at radius 1 is 1.37 bits per heavy atom. The highest BCUT2D eigenvalue weighted by Crippen LogP contribution is 2.31. The fraction of sp³-hybridized carbons (Fsp3) is 0.389. The summed E-state index contributed by atoms with van der Waals surface area (Å²) >= 11 is 6.03. The fourth-order valence-corrected chi connectivity index (χ4v) is 4.94. The molecule has 0 bridgehead atoms. The van der Waals surface area contributed by atoms with Crippen LogP contribution in [-0.2, 0) is 10.0 Å². The van der Waals surface area contributed by atoms with Gasteiger partial charge in [-0.1, -0.05) is 11.6 Å². The number of methoxy groups -OCH3 is 1. The summed E-state index contributed by atoms with van der Waals surface area (Å²) in [6.45, 7) is 0.929. The lowest BCUT2D eigenvalue weighted by atomic mass is 10.0. The number of benzene rings is 1. The van der Waals surface area contributed by atoms with Gasteiger partial charge in [0, 0.05) is 25.2 Å². The Balaban J connectivity index is 1.74. The van der Waals surface area contributed by atoms with E-state index in [9.17, 15) is 12.8 Å². The molecule has 0 radical (unpaired) electrons. The van der Waals surface area contributed by atoms with Crippen LogP contribution in [0.25, 0.3) is 0 Å². The molecule has 1 aromatic carbocycles. The molecule has 2 heterocycles. The van der Waals surface area contributed by atoms with Crippen molar-refractivity contribution in [3.8, 4) is 11.6 Å². The van der Waals surface area contributed by atoms with E-state index in [0.29, 0.717) is 30.5 Å². The normalized spacial score (nSPS) is 18.3. The molecule has 0 aliphatic carbocycles. The summed E-state index contributed by atoms with van der Waals surface area (Å²) < 4.78 is 51.7. The smallest absolute Gasteiger partial charge is 0.246 e. The summed E-state index contributed by atoms with van der Waals surface area (Å²) in [7, 11) is -2.52. The zero-order valence-electron chi connectivity index (χ0n) is 14.8. The van der Waals surface area contributed by atoms with Crippen LogP contribution < -0.4 is 9.47 Å². The van der Waals surface area contributed by atoms with Gasteiger partial charge in [0.05, 0.1) is 13.7 Å². The van der Waals surface area contributed by atoms with Gasteiger partial charge in [-0.25, -0.2) is 17.8 Å². The monoisotopic (exact) mass is 414 g/mol. The topological polar surface area (TPSA) is 68.7 Å². The molecular formula is C18H20ClFN2O4S. The zero-order valence-corrected chi connectivity index (χ0v) is 16.3. The Morgan fingerprint density at radius 2 is 2.19 bits per heavy atom. The molecule has 2 aromatic rings. The molecule has 1 aliphatic heterocycles. The number of nitrogens with zero attached hydrogens (tertiary/aromatic N) is 2. The van der Waals surface area contributed by atoms with E-state index in [-0.39, 0.29) is 23.1 Å². The molecule has 1 aromatic heterocycles. The summed E-state index contributed by atoms with van der Waals surface area (Å²) in [6.07, 6.45) is 3.08. The number of piperidine rings is 1. The Hall–Kier alpha value is -1.90. The molecule has 1 aliphatic rings.